The van der Waals surface area contributed by atoms with Crippen LogP contribution in [0.15, 0.2) is 0 Å². The second-order valence-electron chi connectivity index (χ2n) is 6.12. The third-order valence-corrected chi connectivity index (χ3v) is 5.73. The van der Waals surface area contributed by atoms with Crippen LogP contribution in [0.1, 0.15) is 78.1 Å². The molecule has 1 saturated carbocycles. The highest BCUT2D eigenvalue weighted by atomic mass is 127. The molecule has 1 aliphatic rings. The molecule has 1 nitrogen and oxygen atoms in total. The third-order valence-electron chi connectivity index (χ3n) is 4.34. The van der Waals surface area contributed by atoms with Crippen molar-refractivity contribution in [2.45, 2.75) is 83.7 Å². The van der Waals surface area contributed by atoms with Crippen LogP contribution in [0.5, 0.6) is 0 Å². The van der Waals surface area contributed by atoms with Gasteiger partial charge in [0.2, 0.25) is 0 Å². The number of rotatable bonds is 9. The lowest BCUT2D eigenvalue weighted by Crippen LogP contribution is -2.38. The zero-order valence-corrected chi connectivity index (χ0v) is 14.5. The van der Waals surface area contributed by atoms with E-state index in [-0.39, 0.29) is 5.60 Å². The van der Waals surface area contributed by atoms with Gasteiger partial charge in [-0.1, -0.05) is 68.5 Å². The van der Waals surface area contributed by atoms with E-state index in [2.05, 4.69) is 36.4 Å². The van der Waals surface area contributed by atoms with Crippen LogP contribution >= 0.6 is 22.6 Å². The Balaban J connectivity index is 2.08. The Morgan fingerprint density at radius 3 is 2.28 bits per heavy atom. The van der Waals surface area contributed by atoms with Gasteiger partial charge in [0.1, 0.15) is 0 Å². The van der Waals surface area contributed by atoms with Crippen molar-refractivity contribution in [2.75, 3.05) is 11.0 Å². The van der Waals surface area contributed by atoms with Crippen molar-refractivity contribution < 1.29 is 4.74 Å². The first kappa shape index (κ1) is 16.7. The number of alkyl halides is 1. The van der Waals surface area contributed by atoms with Crippen molar-refractivity contribution in [3.05, 3.63) is 0 Å². The van der Waals surface area contributed by atoms with Gasteiger partial charge in [0.25, 0.3) is 0 Å². The van der Waals surface area contributed by atoms with Gasteiger partial charge in [-0.3, -0.25) is 0 Å². The molecule has 0 bridgehead atoms. The van der Waals surface area contributed by atoms with Crippen molar-refractivity contribution in [3.63, 3.8) is 0 Å². The third kappa shape index (κ3) is 6.23. The van der Waals surface area contributed by atoms with E-state index in [1.807, 2.05) is 0 Å². The van der Waals surface area contributed by atoms with Crippen LogP contribution in [-0.2, 0) is 4.74 Å². The zero-order chi connectivity index (χ0) is 13.3. The second kappa shape index (κ2) is 9.57. The maximum absolute atomic E-state index is 6.27. The molecular weight excluding hydrogens is 335 g/mol. The molecule has 108 valence electrons. The zero-order valence-electron chi connectivity index (χ0n) is 12.3. The molecule has 0 unspecified atom stereocenters. The Morgan fingerprint density at radius 2 is 1.67 bits per heavy atom. The first-order valence-electron chi connectivity index (χ1n) is 7.92. The Labute approximate surface area is 128 Å². The summed E-state index contributed by atoms with van der Waals surface area (Å²) in [5.74, 6) is 0.915. The quantitative estimate of drug-likeness (QED) is 0.287. The number of halogens is 1. The molecule has 0 aromatic rings. The SMILES string of the molecule is CCCCCCCCOC1(CI)CCC(C)CC1. The molecule has 1 aliphatic carbocycles. The average molecular weight is 366 g/mol. The summed E-state index contributed by atoms with van der Waals surface area (Å²) in [7, 11) is 0. The van der Waals surface area contributed by atoms with Crippen molar-refractivity contribution in [1.82, 2.24) is 0 Å². The number of ether oxygens (including phenoxy) is 1. The van der Waals surface area contributed by atoms with E-state index >= 15 is 0 Å². The fourth-order valence-corrected chi connectivity index (χ4v) is 3.76. The van der Waals surface area contributed by atoms with Gasteiger partial charge in [0.05, 0.1) is 5.60 Å². The largest absolute Gasteiger partial charge is 0.374 e. The molecule has 0 radical (unpaired) electrons. The van der Waals surface area contributed by atoms with Gasteiger partial charge in [-0.05, 0) is 38.0 Å². The molecule has 2 heteroatoms. The van der Waals surface area contributed by atoms with Gasteiger partial charge in [-0.25, -0.2) is 0 Å². The molecule has 0 aliphatic heterocycles. The molecule has 0 saturated heterocycles. The van der Waals surface area contributed by atoms with Gasteiger partial charge >= 0.3 is 0 Å². The van der Waals surface area contributed by atoms with E-state index in [0.29, 0.717) is 0 Å². The summed E-state index contributed by atoms with van der Waals surface area (Å²) in [5, 5.41) is 0. The van der Waals surface area contributed by atoms with Gasteiger partial charge in [-0.2, -0.15) is 0 Å². The highest BCUT2D eigenvalue weighted by Crippen LogP contribution is 2.36. The standard InChI is InChI=1S/C16H31IO/c1-3-4-5-6-7-8-13-18-16(14-17)11-9-15(2)10-12-16/h15H,3-14H2,1-2H3. The molecule has 0 heterocycles. The van der Waals surface area contributed by atoms with Crippen LogP contribution in [0.2, 0.25) is 0 Å². The highest BCUT2D eigenvalue weighted by molar-refractivity contribution is 14.1. The maximum atomic E-state index is 6.27. The Kier molecular flexibility index (Phi) is 8.90. The molecule has 1 fully saturated rings. The molecular formula is C16H31IO. The van der Waals surface area contributed by atoms with Crippen LogP contribution in [-0.4, -0.2) is 16.6 Å². The molecule has 0 amide bonds. The summed E-state index contributed by atoms with van der Waals surface area (Å²) >= 11 is 2.52. The fourth-order valence-electron chi connectivity index (χ4n) is 2.78. The minimum absolute atomic E-state index is 0.233. The van der Waals surface area contributed by atoms with Crippen molar-refractivity contribution in [2.24, 2.45) is 5.92 Å². The van der Waals surface area contributed by atoms with E-state index in [1.54, 1.807) is 0 Å². The second-order valence-corrected chi connectivity index (χ2v) is 6.88. The lowest BCUT2D eigenvalue weighted by atomic mass is 9.80. The number of hydrogen-bond acceptors (Lipinski definition) is 1. The van der Waals surface area contributed by atoms with E-state index in [9.17, 15) is 0 Å². The predicted molar refractivity (Wildman–Crippen MR) is 88.6 cm³/mol. The molecule has 1 rings (SSSR count). The summed E-state index contributed by atoms with van der Waals surface area (Å²) in [6, 6.07) is 0. The molecule has 0 atom stereocenters. The average Bonchev–Trinajstić information content (AvgIpc) is 2.40. The van der Waals surface area contributed by atoms with E-state index in [4.69, 9.17) is 4.74 Å². The summed E-state index contributed by atoms with van der Waals surface area (Å²) < 4.78 is 7.44. The molecule has 0 N–H and O–H groups in total. The van der Waals surface area contributed by atoms with Gasteiger partial charge < -0.3 is 4.74 Å². The topological polar surface area (TPSA) is 9.23 Å². The number of hydrogen-bond donors (Lipinski definition) is 0. The molecule has 0 spiro atoms. The van der Waals surface area contributed by atoms with Crippen LogP contribution in [0.4, 0.5) is 0 Å². The van der Waals surface area contributed by atoms with Crippen LogP contribution in [0.25, 0.3) is 0 Å². The highest BCUT2D eigenvalue weighted by Gasteiger charge is 2.33. The van der Waals surface area contributed by atoms with Gasteiger partial charge in [0.15, 0.2) is 0 Å². The predicted octanol–water partition coefficient (Wildman–Crippen LogP) is 5.75. The maximum Gasteiger partial charge on any atom is 0.0771 e. The van der Waals surface area contributed by atoms with Crippen LogP contribution in [0.3, 0.4) is 0 Å². The van der Waals surface area contributed by atoms with Crippen LogP contribution < -0.4 is 0 Å². The lowest BCUT2D eigenvalue weighted by molar-refractivity contribution is -0.0586. The van der Waals surface area contributed by atoms with E-state index in [1.165, 1.54) is 68.6 Å². The number of unbranched alkanes of at least 4 members (excludes halogenated alkanes) is 5. The monoisotopic (exact) mass is 366 g/mol. The summed E-state index contributed by atoms with van der Waals surface area (Å²) in [6.07, 6.45) is 13.4. The minimum Gasteiger partial charge on any atom is -0.374 e. The normalized spacial score (nSPS) is 28.5. The smallest absolute Gasteiger partial charge is 0.0771 e. The Bertz CT molecular complexity index is 197. The van der Waals surface area contributed by atoms with E-state index < -0.39 is 0 Å². The molecule has 0 aromatic carbocycles. The first-order chi connectivity index (χ1) is 8.72. The minimum atomic E-state index is 0.233. The van der Waals surface area contributed by atoms with E-state index in [0.717, 1.165) is 12.5 Å². The molecule has 0 aromatic heterocycles. The van der Waals surface area contributed by atoms with Gasteiger partial charge in [-0.15, -0.1) is 0 Å². The Morgan fingerprint density at radius 1 is 1.06 bits per heavy atom. The Hall–Kier alpha value is 0.690. The van der Waals surface area contributed by atoms with Crippen molar-refractivity contribution >= 4 is 22.6 Å². The van der Waals surface area contributed by atoms with Crippen molar-refractivity contribution in [1.29, 1.82) is 0 Å². The summed E-state index contributed by atoms with van der Waals surface area (Å²) in [5.41, 5.74) is 0.233. The van der Waals surface area contributed by atoms with Gasteiger partial charge in [0, 0.05) is 11.0 Å². The summed E-state index contributed by atoms with van der Waals surface area (Å²) in [4.78, 5) is 0. The summed E-state index contributed by atoms with van der Waals surface area (Å²) in [6.45, 7) is 5.64. The first-order valence-corrected chi connectivity index (χ1v) is 9.45. The lowest BCUT2D eigenvalue weighted by Gasteiger charge is -2.38. The fraction of sp³-hybridized carbons (Fsp3) is 1.00. The molecule has 18 heavy (non-hydrogen) atoms. The van der Waals surface area contributed by atoms with Crippen molar-refractivity contribution in [3.8, 4) is 0 Å². The van der Waals surface area contributed by atoms with Crippen LogP contribution in [0, 0.1) is 5.92 Å².